The van der Waals surface area contributed by atoms with E-state index in [0.29, 0.717) is 6.04 Å². The monoisotopic (exact) mass is 396 g/mol. The van der Waals surface area contributed by atoms with Gasteiger partial charge in [-0.15, -0.1) is 24.0 Å². The molecule has 2 atom stereocenters. The average Bonchev–Trinajstić information content (AvgIpc) is 3.09. The third kappa shape index (κ3) is 8.29. The normalized spacial score (nSPS) is 21.6. The van der Waals surface area contributed by atoms with Gasteiger partial charge in [0, 0.05) is 19.6 Å². The standard InChI is InChI=1S/C15H32N4.HI/c1-5-9-19(10-6-2)11-7-8-17-15(16-4)18-14-12-13(14)3;/h13-14H,5-12H2,1-4H3,(H2,16,17,18);1H. The van der Waals surface area contributed by atoms with Crippen LogP contribution < -0.4 is 10.6 Å². The zero-order valence-corrected chi connectivity index (χ0v) is 15.9. The van der Waals surface area contributed by atoms with Gasteiger partial charge in [-0.3, -0.25) is 4.99 Å². The highest BCUT2D eigenvalue weighted by atomic mass is 127. The highest BCUT2D eigenvalue weighted by molar-refractivity contribution is 14.0. The van der Waals surface area contributed by atoms with E-state index in [-0.39, 0.29) is 24.0 Å². The summed E-state index contributed by atoms with van der Waals surface area (Å²) in [5.41, 5.74) is 0. The van der Waals surface area contributed by atoms with Gasteiger partial charge in [-0.2, -0.15) is 0 Å². The summed E-state index contributed by atoms with van der Waals surface area (Å²) in [5.74, 6) is 1.77. The lowest BCUT2D eigenvalue weighted by Crippen LogP contribution is -2.40. The van der Waals surface area contributed by atoms with Crippen molar-refractivity contribution in [1.82, 2.24) is 15.5 Å². The maximum absolute atomic E-state index is 4.27. The summed E-state index contributed by atoms with van der Waals surface area (Å²) in [7, 11) is 1.85. The Morgan fingerprint density at radius 2 is 1.80 bits per heavy atom. The number of nitrogens with zero attached hydrogens (tertiary/aromatic N) is 2. The van der Waals surface area contributed by atoms with Crippen LogP contribution in [-0.2, 0) is 0 Å². The van der Waals surface area contributed by atoms with E-state index in [9.17, 15) is 0 Å². The largest absolute Gasteiger partial charge is 0.356 e. The Balaban J connectivity index is 0.00000361. The van der Waals surface area contributed by atoms with Crippen LogP contribution in [0.5, 0.6) is 0 Å². The van der Waals surface area contributed by atoms with Crippen LogP contribution in [0.3, 0.4) is 0 Å². The molecule has 20 heavy (non-hydrogen) atoms. The van der Waals surface area contributed by atoms with E-state index in [4.69, 9.17) is 0 Å². The second kappa shape index (κ2) is 11.6. The Labute approximate surface area is 142 Å². The van der Waals surface area contributed by atoms with Gasteiger partial charge in [-0.25, -0.2) is 0 Å². The number of hydrogen-bond acceptors (Lipinski definition) is 2. The van der Waals surface area contributed by atoms with Gasteiger partial charge in [0.15, 0.2) is 5.96 Å². The van der Waals surface area contributed by atoms with Crippen LogP contribution in [0.1, 0.15) is 46.5 Å². The zero-order chi connectivity index (χ0) is 14.1. The molecular formula is C15H33IN4. The average molecular weight is 396 g/mol. The molecule has 0 amide bonds. The molecule has 4 nitrogen and oxygen atoms in total. The molecule has 0 aliphatic heterocycles. The van der Waals surface area contributed by atoms with Gasteiger partial charge in [0.05, 0.1) is 0 Å². The van der Waals surface area contributed by atoms with Crippen molar-refractivity contribution < 1.29 is 0 Å². The van der Waals surface area contributed by atoms with E-state index in [1.165, 1.54) is 45.3 Å². The molecule has 0 aromatic rings. The van der Waals surface area contributed by atoms with Crippen molar-refractivity contribution >= 4 is 29.9 Å². The number of hydrogen-bond donors (Lipinski definition) is 2. The van der Waals surface area contributed by atoms with Gasteiger partial charge in [0.25, 0.3) is 0 Å². The van der Waals surface area contributed by atoms with E-state index in [1.807, 2.05) is 7.05 Å². The van der Waals surface area contributed by atoms with Crippen LogP contribution >= 0.6 is 24.0 Å². The Morgan fingerprint density at radius 1 is 1.20 bits per heavy atom. The summed E-state index contributed by atoms with van der Waals surface area (Å²) in [6.45, 7) is 11.4. The summed E-state index contributed by atoms with van der Waals surface area (Å²) >= 11 is 0. The molecule has 0 heterocycles. The number of aliphatic imine (C=N–C) groups is 1. The summed E-state index contributed by atoms with van der Waals surface area (Å²) in [6.07, 6.45) is 4.95. The first-order chi connectivity index (χ1) is 9.21. The fourth-order valence-electron chi connectivity index (χ4n) is 2.37. The molecule has 1 fully saturated rings. The Kier molecular flexibility index (Phi) is 11.6. The van der Waals surface area contributed by atoms with Crippen LogP contribution in [0.15, 0.2) is 4.99 Å². The van der Waals surface area contributed by atoms with Gasteiger partial charge in [0.1, 0.15) is 0 Å². The number of nitrogens with one attached hydrogen (secondary N) is 2. The van der Waals surface area contributed by atoms with Gasteiger partial charge in [-0.1, -0.05) is 20.8 Å². The lowest BCUT2D eigenvalue weighted by molar-refractivity contribution is 0.271. The molecule has 1 aliphatic rings. The van der Waals surface area contributed by atoms with Crippen LogP contribution in [0.2, 0.25) is 0 Å². The molecule has 0 aromatic carbocycles. The maximum atomic E-state index is 4.27. The lowest BCUT2D eigenvalue weighted by Gasteiger charge is -2.21. The van der Waals surface area contributed by atoms with E-state index in [1.54, 1.807) is 0 Å². The number of guanidine groups is 1. The van der Waals surface area contributed by atoms with Crippen molar-refractivity contribution in [1.29, 1.82) is 0 Å². The topological polar surface area (TPSA) is 39.7 Å². The smallest absolute Gasteiger partial charge is 0.191 e. The van der Waals surface area contributed by atoms with Gasteiger partial charge in [0.2, 0.25) is 0 Å². The molecule has 1 saturated carbocycles. The molecule has 0 saturated heterocycles. The van der Waals surface area contributed by atoms with Crippen molar-refractivity contribution in [2.45, 2.75) is 52.5 Å². The van der Waals surface area contributed by atoms with E-state index in [0.717, 1.165) is 18.4 Å². The third-order valence-electron chi connectivity index (χ3n) is 3.68. The molecule has 0 radical (unpaired) electrons. The molecule has 120 valence electrons. The quantitative estimate of drug-likeness (QED) is 0.273. The zero-order valence-electron chi connectivity index (χ0n) is 13.6. The molecule has 0 spiro atoms. The van der Waals surface area contributed by atoms with Crippen molar-refractivity contribution in [3.05, 3.63) is 0 Å². The maximum Gasteiger partial charge on any atom is 0.191 e. The van der Waals surface area contributed by atoms with Gasteiger partial charge >= 0.3 is 0 Å². The van der Waals surface area contributed by atoms with E-state index in [2.05, 4.69) is 41.3 Å². The fourth-order valence-corrected chi connectivity index (χ4v) is 2.37. The SMILES string of the molecule is CCCN(CCC)CCCNC(=NC)NC1CC1C.I. The van der Waals surface area contributed by atoms with Crippen LogP contribution in [0, 0.1) is 5.92 Å². The lowest BCUT2D eigenvalue weighted by atomic mass is 10.3. The third-order valence-corrected chi connectivity index (χ3v) is 3.68. The molecule has 2 unspecified atom stereocenters. The second-order valence-corrected chi connectivity index (χ2v) is 5.66. The highest BCUT2D eigenvalue weighted by Gasteiger charge is 2.33. The fraction of sp³-hybridized carbons (Fsp3) is 0.933. The van der Waals surface area contributed by atoms with Crippen molar-refractivity contribution in [3.63, 3.8) is 0 Å². The molecule has 0 bridgehead atoms. The Hall–Kier alpha value is -0.0400. The minimum atomic E-state index is 0. The van der Waals surface area contributed by atoms with Crippen molar-refractivity contribution in [2.75, 3.05) is 33.2 Å². The van der Waals surface area contributed by atoms with Crippen LogP contribution in [0.4, 0.5) is 0 Å². The minimum Gasteiger partial charge on any atom is -0.356 e. The number of halogens is 1. The predicted octanol–water partition coefficient (Wildman–Crippen LogP) is 2.69. The Bertz CT molecular complexity index is 265. The first-order valence-corrected chi connectivity index (χ1v) is 7.90. The molecular weight excluding hydrogens is 363 g/mol. The molecule has 2 N–H and O–H groups in total. The molecule has 1 rings (SSSR count). The Morgan fingerprint density at radius 3 is 2.25 bits per heavy atom. The van der Waals surface area contributed by atoms with Gasteiger partial charge < -0.3 is 15.5 Å². The van der Waals surface area contributed by atoms with Crippen molar-refractivity contribution in [3.8, 4) is 0 Å². The summed E-state index contributed by atoms with van der Waals surface area (Å²) in [6, 6.07) is 0.642. The van der Waals surface area contributed by atoms with E-state index >= 15 is 0 Å². The van der Waals surface area contributed by atoms with E-state index < -0.39 is 0 Å². The second-order valence-electron chi connectivity index (χ2n) is 5.66. The van der Waals surface area contributed by atoms with Crippen LogP contribution in [-0.4, -0.2) is 50.1 Å². The summed E-state index contributed by atoms with van der Waals surface area (Å²) in [5, 5.41) is 6.87. The molecule has 0 aromatic heterocycles. The molecule has 1 aliphatic carbocycles. The minimum absolute atomic E-state index is 0. The predicted molar refractivity (Wildman–Crippen MR) is 99.1 cm³/mol. The number of rotatable bonds is 9. The summed E-state index contributed by atoms with van der Waals surface area (Å²) in [4.78, 5) is 6.83. The first-order valence-electron chi connectivity index (χ1n) is 7.90. The van der Waals surface area contributed by atoms with Gasteiger partial charge in [-0.05, 0) is 51.2 Å². The van der Waals surface area contributed by atoms with Crippen LogP contribution in [0.25, 0.3) is 0 Å². The van der Waals surface area contributed by atoms with Crippen molar-refractivity contribution in [2.24, 2.45) is 10.9 Å². The first kappa shape index (κ1) is 20.0. The highest BCUT2D eigenvalue weighted by Crippen LogP contribution is 2.28. The summed E-state index contributed by atoms with van der Waals surface area (Å²) < 4.78 is 0. The molecule has 5 heteroatoms.